The van der Waals surface area contributed by atoms with Gasteiger partial charge in [0.15, 0.2) is 21.2 Å². The van der Waals surface area contributed by atoms with Gasteiger partial charge in [-0.3, -0.25) is 35.1 Å². The lowest BCUT2D eigenvalue weighted by Crippen LogP contribution is -2.53. The van der Waals surface area contributed by atoms with Gasteiger partial charge in [0, 0.05) is 11.3 Å². The molecule has 0 unspecified atom stereocenters. The highest BCUT2D eigenvalue weighted by atomic mass is 16.7. The van der Waals surface area contributed by atoms with Crippen LogP contribution in [0.1, 0.15) is 12.8 Å². The average Bonchev–Trinajstić information content (AvgIpc) is 2.17. The fourth-order valence-corrected chi connectivity index (χ4v) is 0.848. The fourth-order valence-electron chi connectivity index (χ4n) is 0.848. The Labute approximate surface area is 91.1 Å². The minimum absolute atomic E-state index is 0.979. The molecule has 0 aromatic heterocycles. The SMILES string of the molecule is [N-]=[N+]=NC(=O)CCC([N+](=O)[O-])([N+](=O)[O-])[N+](=O)[O-]. The van der Waals surface area contributed by atoms with E-state index in [-0.39, 0.29) is 0 Å². The Balaban J connectivity index is 5.15. The molecular weight excluding hydrogens is 244 g/mol. The number of hydrogen-bond donors (Lipinski definition) is 0. The minimum atomic E-state index is -3.71. The molecule has 13 nitrogen and oxygen atoms in total. The van der Waals surface area contributed by atoms with Crippen molar-refractivity contribution < 1.29 is 19.6 Å². The second-order valence-electron chi connectivity index (χ2n) is 2.63. The van der Waals surface area contributed by atoms with Crippen molar-refractivity contribution in [2.75, 3.05) is 0 Å². The van der Waals surface area contributed by atoms with Gasteiger partial charge in [-0.2, -0.15) is 0 Å². The summed E-state index contributed by atoms with van der Waals surface area (Å²) in [5.74, 6) is -4.97. The first-order valence-electron chi connectivity index (χ1n) is 3.80. The molecule has 0 saturated carbocycles. The van der Waals surface area contributed by atoms with Crippen LogP contribution >= 0.6 is 0 Å². The van der Waals surface area contributed by atoms with Gasteiger partial charge in [0.2, 0.25) is 5.91 Å². The molecule has 17 heavy (non-hydrogen) atoms. The van der Waals surface area contributed by atoms with Crippen LogP contribution in [-0.2, 0) is 4.79 Å². The molecule has 0 aliphatic rings. The molecule has 13 heteroatoms. The number of nitrogens with zero attached hydrogens (tertiary/aromatic N) is 6. The lowest BCUT2D eigenvalue weighted by molar-refractivity contribution is -0.970. The van der Waals surface area contributed by atoms with Crippen LogP contribution in [0.3, 0.4) is 0 Å². The first-order chi connectivity index (χ1) is 7.78. The molecule has 0 bridgehead atoms. The Hall–Kier alpha value is -2.82. The zero-order valence-electron chi connectivity index (χ0n) is 7.96. The average molecular weight is 248 g/mol. The molecule has 0 aromatic rings. The van der Waals surface area contributed by atoms with Crippen LogP contribution in [0.4, 0.5) is 0 Å². The summed E-state index contributed by atoms with van der Waals surface area (Å²) in [7, 11) is 0. The van der Waals surface area contributed by atoms with E-state index in [1.807, 2.05) is 4.91 Å². The number of hydrogen-bond acceptors (Lipinski definition) is 7. The van der Waals surface area contributed by atoms with Crippen molar-refractivity contribution in [3.8, 4) is 0 Å². The highest BCUT2D eigenvalue weighted by molar-refractivity contribution is 5.76. The van der Waals surface area contributed by atoms with Crippen molar-refractivity contribution in [2.45, 2.75) is 18.6 Å². The van der Waals surface area contributed by atoms with E-state index >= 15 is 0 Å². The summed E-state index contributed by atoms with van der Waals surface area (Å²) in [6.07, 6.45) is -2.29. The van der Waals surface area contributed by atoms with Crippen LogP contribution in [0, 0.1) is 30.3 Å². The molecule has 0 aliphatic carbocycles. The predicted octanol–water partition coefficient (Wildman–Crippen LogP) is 0.0874. The van der Waals surface area contributed by atoms with Crippen LogP contribution in [0.5, 0.6) is 0 Å². The third-order valence-electron chi connectivity index (χ3n) is 1.71. The third kappa shape index (κ3) is 2.82. The van der Waals surface area contributed by atoms with Crippen molar-refractivity contribution in [3.05, 3.63) is 40.8 Å². The van der Waals surface area contributed by atoms with Crippen LogP contribution in [0.15, 0.2) is 5.11 Å². The van der Waals surface area contributed by atoms with E-state index in [2.05, 4.69) is 5.11 Å². The van der Waals surface area contributed by atoms with E-state index in [1.54, 1.807) is 0 Å². The monoisotopic (exact) mass is 248 g/mol. The molecule has 0 radical (unpaired) electrons. The third-order valence-corrected chi connectivity index (χ3v) is 1.71. The number of amides is 1. The van der Waals surface area contributed by atoms with Crippen molar-refractivity contribution in [1.82, 2.24) is 0 Å². The molecule has 0 heterocycles. The first kappa shape index (κ1) is 14.2. The van der Waals surface area contributed by atoms with Gasteiger partial charge in [-0.25, -0.2) is 0 Å². The van der Waals surface area contributed by atoms with E-state index in [0.29, 0.717) is 0 Å². The Morgan fingerprint density at radius 1 is 1.18 bits per heavy atom. The minimum Gasteiger partial charge on any atom is -0.293 e. The molecule has 0 atom stereocenters. The molecule has 0 aliphatic heterocycles. The van der Waals surface area contributed by atoms with E-state index in [1.165, 1.54) is 0 Å². The van der Waals surface area contributed by atoms with Gasteiger partial charge in [-0.15, -0.1) is 0 Å². The van der Waals surface area contributed by atoms with Crippen LogP contribution in [0.25, 0.3) is 10.4 Å². The van der Waals surface area contributed by atoms with E-state index in [4.69, 9.17) is 5.53 Å². The Kier molecular flexibility index (Phi) is 4.43. The van der Waals surface area contributed by atoms with Gasteiger partial charge < -0.3 is 0 Å². The second-order valence-corrected chi connectivity index (χ2v) is 2.63. The van der Waals surface area contributed by atoms with Crippen LogP contribution in [-0.4, -0.2) is 26.5 Å². The number of carbonyl (C=O) groups is 1. The molecule has 0 saturated heterocycles. The second kappa shape index (κ2) is 5.32. The summed E-state index contributed by atoms with van der Waals surface area (Å²) in [5, 5.41) is 33.6. The maximum Gasteiger partial charge on any atom is 0.700 e. The van der Waals surface area contributed by atoms with Gasteiger partial charge in [-0.05, 0) is 10.6 Å². The number of carbonyl (C=O) groups excluding carboxylic acids is 1. The topological polar surface area (TPSA) is 195 Å². The maximum absolute atomic E-state index is 10.7. The Bertz CT molecular complexity index is 388. The quantitative estimate of drug-likeness (QED) is 0.158. The molecule has 92 valence electrons. The van der Waals surface area contributed by atoms with Gasteiger partial charge in [-0.1, -0.05) is 0 Å². The van der Waals surface area contributed by atoms with Crippen LogP contribution in [0.2, 0.25) is 0 Å². The lowest BCUT2D eigenvalue weighted by atomic mass is 10.2. The highest BCUT2D eigenvalue weighted by Crippen LogP contribution is 2.19. The lowest BCUT2D eigenvalue weighted by Gasteiger charge is -2.07. The number of azide groups is 1. The standard InChI is InChI=1S/C4H4N6O7/c5-7-6-3(11)1-2-4(8(12)13,9(14)15)10(16)17/h1-2H2. The number of rotatable bonds is 6. The van der Waals surface area contributed by atoms with E-state index in [0.717, 1.165) is 0 Å². The molecule has 0 N–H and O–H groups in total. The summed E-state index contributed by atoms with van der Waals surface area (Å²) < 4.78 is 0. The van der Waals surface area contributed by atoms with Gasteiger partial charge in [0.05, 0.1) is 0 Å². The normalized spacial score (nSPS) is 10.1. The van der Waals surface area contributed by atoms with Gasteiger partial charge in [0.1, 0.15) is 0 Å². The van der Waals surface area contributed by atoms with E-state index in [9.17, 15) is 35.1 Å². The molecule has 0 fully saturated rings. The summed E-state index contributed by atoms with van der Waals surface area (Å²) in [4.78, 5) is 38.7. The summed E-state index contributed by atoms with van der Waals surface area (Å²) >= 11 is 0. The zero-order valence-corrected chi connectivity index (χ0v) is 7.96. The highest BCUT2D eigenvalue weighted by Gasteiger charge is 2.69. The molecule has 0 aromatic carbocycles. The van der Waals surface area contributed by atoms with Gasteiger partial charge in [0.25, 0.3) is 0 Å². The van der Waals surface area contributed by atoms with Crippen molar-refractivity contribution >= 4 is 5.91 Å². The van der Waals surface area contributed by atoms with Gasteiger partial charge >= 0.3 is 5.79 Å². The smallest absolute Gasteiger partial charge is 0.293 e. The van der Waals surface area contributed by atoms with E-state index < -0.39 is 39.3 Å². The molecule has 0 spiro atoms. The predicted molar refractivity (Wildman–Crippen MR) is 47.1 cm³/mol. The zero-order chi connectivity index (χ0) is 13.6. The summed E-state index contributed by atoms with van der Waals surface area (Å²) in [6.45, 7) is 0. The maximum atomic E-state index is 10.7. The number of nitro groups is 3. The Morgan fingerprint density at radius 2 is 1.59 bits per heavy atom. The molecular formula is C4H4N6O7. The molecule has 1 amide bonds. The van der Waals surface area contributed by atoms with Crippen LogP contribution < -0.4 is 0 Å². The fraction of sp³-hybridized carbons (Fsp3) is 0.750. The first-order valence-corrected chi connectivity index (χ1v) is 3.80. The van der Waals surface area contributed by atoms with Crippen molar-refractivity contribution in [3.63, 3.8) is 0 Å². The summed E-state index contributed by atoms with van der Waals surface area (Å²) in [6, 6.07) is 0. The Morgan fingerprint density at radius 3 is 1.88 bits per heavy atom. The largest absolute Gasteiger partial charge is 0.700 e. The summed E-state index contributed by atoms with van der Waals surface area (Å²) in [5.41, 5.74) is 7.83. The van der Waals surface area contributed by atoms with Crippen molar-refractivity contribution in [1.29, 1.82) is 0 Å². The van der Waals surface area contributed by atoms with Crippen molar-refractivity contribution in [2.24, 2.45) is 5.11 Å². The molecule has 0 rings (SSSR count).